The van der Waals surface area contributed by atoms with E-state index >= 15 is 0 Å². The third kappa shape index (κ3) is 3.66. The van der Waals surface area contributed by atoms with E-state index in [4.69, 9.17) is 0 Å². The maximum atomic E-state index is 12.2. The van der Waals surface area contributed by atoms with E-state index in [1.165, 1.54) is 12.1 Å². The van der Waals surface area contributed by atoms with Gasteiger partial charge in [-0.3, -0.25) is 30.3 Å². The summed E-state index contributed by atoms with van der Waals surface area (Å²) in [6, 6.07) is 6.29. The highest BCUT2D eigenvalue weighted by Gasteiger charge is 2.30. The number of para-hydroxylation sites is 1. The first kappa shape index (κ1) is 17.7. The lowest BCUT2D eigenvalue weighted by Crippen LogP contribution is -2.13. The molecule has 0 radical (unpaired) electrons. The van der Waals surface area contributed by atoms with Crippen LogP contribution in [0.3, 0.4) is 0 Å². The first-order valence-corrected chi connectivity index (χ1v) is 7.65. The van der Waals surface area contributed by atoms with Crippen LogP contribution in [-0.2, 0) is 10.1 Å². The molecule has 25 heavy (non-hydrogen) atoms. The van der Waals surface area contributed by atoms with Gasteiger partial charge in [0, 0.05) is 12.1 Å². The molecule has 0 bridgehead atoms. The maximum Gasteiger partial charge on any atom is 0.346 e. The lowest BCUT2D eigenvalue weighted by molar-refractivity contribution is -0.394. The van der Waals surface area contributed by atoms with Crippen molar-refractivity contribution in [2.45, 2.75) is 4.90 Å². The van der Waals surface area contributed by atoms with E-state index in [0.29, 0.717) is 6.07 Å². The SMILES string of the molecule is O=[N+]([O-])c1ccc(OS(=O)(=O)c2ccccc2[N+](=O)[O-])c([N+](=O)[O-])c1. The van der Waals surface area contributed by atoms with Crippen molar-refractivity contribution in [1.82, 2.24) is 0 Å². The number of nitrogens with zero attached hydrogens (tertiary/aromatic N) is 3. The molecule has 0 atom stereocenters. The summed E-state index contributed by atoms with van der Waals surface area (Å²) in [6.07, 6.45) is 0. The number of nitro groups is 3. The van der Waals surface area contributed by atoms with Gasteiger partial charge in [0.1, 0.15) is 0 Å². The van der Waals surface area contributed by atoms with Crippen LogP contribution in [-0.4, -0.2) is 23.2 Å². The number of benzene rings is 2. The summed E-state index contributed by atoms with van der Waals surface area (Å²) in [5.41, 5.74) is -2.41. The Balaban J connectivity index is 2.54. The molecule has 0 heterocycles. The largest absolute Gasteiger partial charge is 0.371 e. The molecule has 0 aliphatic carbocycles. The van der Waals surface area contributed by atoms with Crippen molar-refractivity contribution < 1.29 is 27.4 Å². The molecule has 0 aromatic heterocycles. The van der Waals surface area contributed by atoms with Crippen LogP contribution in [0.1, 0.15) is 0 Å². The van der Waals surface area contributed by atoms with Gasteiger partial charge < -0.3 is 4.18 Å². The summed E-state index contributed by atoms with van der Waals surface area (Å²) in [4.78, 5) is 28.8. The van der Waals surface area contributed by atoms with Crippen LogP contribution < -0.4 is 4.18 Å². The van der Waals surface area contributed by atoms with Crippen molar-refractivity contribution in [2.75, 3.05) is 0 Å². The Morgan fingerprint density at radius 2 is 1.40 bits per heavy atom. The Hall–Kier alpha value is -3.61. The van der Waals surface area contributed by atoms with Gasteiger partial charge in [0.25, 0.3) is 11.4 Å². The summed E-state index contributed by atoms with van der Waals surface area (Å²) in [6.45, 7) is 0. The lowest BCUT2D eigenvalue weighted by atomic mass is 10.2. The predicted octanol–water partition coefficient (Wildman–Crippen LogP) is 2.18. The Labute approximate surface area is 138 Å². The van der Waals surface area contributed by atoms with Crippen LogP contribution in [0.15, 0.2) is 47.4 Å². The van der Waals surface area contributed by atoms with E-state index in [1.807, 2.05) is 0 Å². The molecule has 12 nitrogen and oxygen atoms in total. The van der Waals surface area contributed by atoms with Crippen LogP contribution >= 0.6 is 0 Å². The molecule has 0 N–H and O–H groups in total. The Bertz CT molecular complexity index is 987. The number of nitro benzene ring substituents is 3. The zero-order chi connectivity index (χ0) is 18.8. The van der Waals surface area contributed by atoms with Gasteiger partial charge in [0.15, 0.2) is 4.90 Å². The van der Waals surface area contributed by atoms with E-state index < -0.39 is 52.6 Å². The van der Waals surface area contributed by atoms with Crippen LogP contribution in [0.25, 0.3) is 0 Å². The molecule has 2 aromatic carbocycles. The third-order valence-electron chi connectivity index (χ3n) is 2.88. The summed E-state index contributed by atoms with van der Waals surface area (Å²) in [7, 11) is -4.79. The zero-order valence-electron chi connectivity index (χ0n) is 12.0. The van der Waals surface area contributed by atoms with Crippen LogP contribution in [0, 0.1) is 30.3 Å². The van der Waals surface area contributed by atoms with Gasteiger partial charge in [-0.15, -0.1) is 0 Å². The second-order valence-electron chi connectivity index (χ2n) is 4.43. The van der Waals surface area contributed by atoms with Crippen molar-refractivity contribution in [3.8, 4) is 5.75 Å². The monoisotopic (exact) mass is 369 g/mol. The average molecular weight is 369 g/mol. The molecule has 0 saturated carbocycles. The predicted molar refractivity (Wildman–Crippen MR) is 80.7 cm³/mol. The molecule has 0 saturated heterocycles. The van der Waals surface area contributed by atoms with Gasteiger partial charge in [-0.25, -0.2) is 0 Å². The van der Waals surface area contributed by atoms with Crippen LogP contribution in [0.4, 0.5) is 17.1 Å². The second kappa shape index (κ2) is 6.48. The second-order valence-corrected chi connectivity index (χ2v) is 5.94. The van der Waals surface area contributed by atoms with Gasteiger partial charge in [-0.2, -0.15) is 8.42 Å². The van der Waals surface area contributed by atoms with Gasteiger partial charge >= 0.3 is 15.8 Å². The van der Waals surface area contributed by atoms with E-state index in [9.17, 15) is 38.8 Å². The summed E-state index contributed by atoms with van der Waals surface area (Å²) in [5, 5.41) is 32.6. The van der Waals surface area contributed by atoms with Crippen molar-refractivity contribution in [3.63, 3.8) is 0 Å². The van der Waals surface area contributed by atoms with Gasteiger partial charge in [0.05, 0.1) is 20.8 Å². The van der Waals surface area contributed by atoms with Crippen molar-refractivity contribution in [2.24, 2.45) is 0 Å². The Morgan fingerprint density at radius 1 is 0.800 bits per heavy atom. The highest BCUT2D eigenvalue weighted by atomic mass is 32.2. The first-order chi connectivity index (χ1) is 11.6. The van der Waals surface area contributed by atoms with Gasteiger partial charge in [0.2, 0.25) is 5.75 Å². The number of hydrogen-bond acceptors (Lipinski definition) is 9. The fourth-order valence-corrected chi connectivity index (χ4v) is 2.93. The standard InChI is InChI=1S/C12H7N3O9S/c16-13(17)8-5-6-11(10(7-8)15(20)21)24-25(22,23)12-4-2-1-3-9(12)14(18)19/h1-7H. The maximum absolute atomic E-state index is 12.2. The summed E-state index contributed by atoms with van der Waals surface area (Å²) < 4.78 is 29.1. The van der Waals surface area contributed by atoms with Crippen LogP contribution in [0.5, 0.6) is 5.75 Å². The average Bonchev–Trinajstić information content (AvgIpc) is 2.54. The van der Waals surface area contributed by atoms with Crippen molar-refractivity contribution in [1.29, 1.82) is 0 Å². The highest BCUT2D eigenvalue weighted by Crippen LogP contribution is 2.34. The minimum Gasteiger partial charge on any atom is -0.371 e. The smallest absolute Gasteiger partial charge is 0.346 e. The Kier molecular flexibility index (Phi) is 4.60. The van der Waals surface area contributed by atoms with Crippen molar-refractivity contribution >= 4 is 27.2 Å². The molecular formula is C12H7N3O9S. The number of non-ortho nitro benzene ring substituents is 1. The third-order valence-corrected chi connectivity index (χ3v) is 4.16. The van der Waals surface area contributed by atoms with Gasteiger partial charge in [-0.1, -0.05) is 12.1 Å². The van der Waals surface area contributed by atoms with Crippen molar-refractivity contribution in [3.05, 3.63) is 72.8 Å². The molecule has 13 heteroatoms. The normalized spacial score (nSPS) is 10.9. The fraction of sp³-hybridized carbons (Fsp3) is 0. The minimum absolute atomic E-state index is 0.518. The minimum atomic E-state index is -4.79. The summed E-state index contributed by atoms with van der Waals surface area (Å²) in [5.74, 6) is -0.811. The molecule has 2 aromatic rings. The molecule has 0 unspecified atom stereocenters. The molecule has 2 rings (SSSR count). The van der Waals surface area contributed by atoms with E-state index in [0.717, 1.165) is 24.3 Å². The van der Waals surface area contributed by atoms with E-state index in [2.05, 4.69) is 4.18 Å². The Morgan fingerprint density at radius 3 is 1.96 bits per heavy atom. The molecule has 0 aliphatic heterocycles. The van der Waals surface area contributed by atoms with E-state index in [-0.39, 0.29) is 0 Å². The van der Waals surface area contributed by atoms with Gasteiger partial charge in [-0.05, 0) is 12.1 Å². The molecule has 0 fully saturated rings. The quantitative estimate of drug-likeness (QED) is 0.420. The van der Waals surface area contributed by atoms with E-state index in [1.54, 1.807) is 0 Å². The molecular weight excluding hydrogens is 362 g/mol. The molecule has 0 spiro atoms. The summed E-state index contributed by atoms with van der Waals surface area (Å²) >= 11 is 0. The fourth-order valence-electron chi connectivity index (χ4n) is 1.81. The topological polar surface area (TPSA) is 173 Å². The van der Waals surface area contributed by atoms with Crippen LogP contribution in [0.2, 0.25) is 0 Å². The zero-order valence-corrected chi connectivity index (χ0v) is 12.8. The first-order valence-electron chi connectivity index (χ1n) is 6.24. The molecule has 0 amide bonds. The number of hydrogen-bond donors (Lipinski definition) is 0. The highest BCUT2D eigenvalue weighted by molar-refractivity contribution is 7.87. The lowest BCUT2D eigenvalue weighted by Gasteiger charge is -2.07. The number of rotatable bonds is 6. The molecule has 0 aliphatic rings. The molecule has 130 valence electrons.